The first kappa shape index (κ1) is 29.1. The lowest BCUT2D eigenvalue weighted by molar-refractivity contribution is 0.663. The van der Waals surface area contributed by atoms with Crippen LogP contribution in [0.2, 0.25) is 0 Å². The molecule has 0 amide bonds. The minimum Gasteiger partial charge on any atom is -0.456 e. The van der Waals surface area contributed by atoms with E-state index in [1.165, 1.54) is 37.7 Å². The van der Waals surface area contributed by atoms with Gasteiger partial charge in [0.05, 0.1) is 16.6 Å². The smallest absolute Gasteiger partial charge is 0.147 e. The van der Waals surface area contributed by atoms with E-state index in [1.807, 2.05) is 24.3 Å². The number of imidazole rings is 1. The van der Waals surface area contributed by atoms with E-state index >= 15 is 0 Å². The molecular formula is C51H28N2O2. The van der Waals surface area contributed by atoms with Gasteiger partial charge >= 0.3 is 0 Å². The zero-order valence-corrected chi connectivity index (χ0v) is 29.4. The third-order valence-electron chi connectivity index (χ3n) is 11.8. The molecule has 4 heteroatoms. The first-order valence-electron chi connectivity index (χ1n) is 18.7. The van der Waals surface area contributed by atoms with Gasteiger partial charge in [0.15, 0.2) is 0 Å². The van der Waals surface area contributed by atoms with E-state index in [2.05, 4.69) is 150 Å². The third-order valence-corrected chi connectivity index (χ3v) is 11.8. The average molecular weight is 701 g/mol. The summed E-state index contributed by atoms with van der Waals surface area (Å²) in [6, 6.07) is 60.6. The molecule has 9 aromatic carbocycles. The van der Waals surface area contributed by atoms with Crippen molar-refractivity contribution >= 4 is 104 Å². The summed E-state index contributed by atoms with van der Waals surface area (Å²) < 4.78 is 15.3. The highest BCUT2D eigenvalue weighted by atomic mass is 16.3. The van der Waals surface area contributed by atoms with Gasteiger partial charge in [-0.15, -0.1) is 0 Å². The number of aromatic nitrogens is 2. The molecule has 0 aliphatic heterocycles. The van der Waals surface area contributed by atoms with Crippen molar-refractivity contribution in [1.29, 1.82) is 0 Å². The van der Waals surface area contributed by atoms with Crippen LogP contribution in [0, 0.1) is 0 Å². The van der Waals surface area contributed by atoms with Crippen LogP contribution in [0.5, 0.6) is 0 Å². The van der Waals surface area contributed by atoms with Gasteiger partial charge in [-0.1, -0.05) is 127 Å². The normalized spacial score (nSPS) is 12.4. The molecule has 4 nitrogen and oxygen atoms in total. The molecule has 254 valence electrons. The number of nitrogens with zero attached hydrogens (tertiary/aromatic N) is 2. The number of hydrogen-bond acceptors (Lipinski definition) is 3. The molecular weight excluding hydrogens is 673 g/mol. The SMILES string of the molecule is c1ccc2c(c1)ccc1c3ccc(-c4ccc(-c5cc6oc7ccc8oc9ccccc9c8c7c6c6ccccc56)cc4)cc3n3c4ccccc4nc3c21. The van der Waals surface area contributed by atoms with Gasteiger partial charge in [0, 0.05) is 32.3 Å². The summed E-state index contributed by atoms with van der Waals surface area (Å²) in [5.41, 5.74) is 12.3. The second-order valence-corrected chi connectivity index (χ2v) is 14.6. The van der Waals surface area contributed by atoms with Gasteiger partial charge in [0.2, 0.25) is 0 Å². The number of rotatable bonds is 2. The fourth-order valence-corrected chi connectivity index (χ4v) is 9.32. The van der Waals surface area contributed by atoms with E-state index in [4.69, 9.17) is 13.8 Å². The van der Waals surface area contributed by atoms with E-state index in [9.17, 15) is 0 Å². The number of para-hydroxylation sites is 3. The van der Waals surface area contributed by atoms with Crippen LogP contribution in [0.1, 0.15) is 0 Å². The highest BCUT2D eigenvalue weighted by Crippen LogP contribution is 2.45. The first-order chi connectivity index (χ1) is 27.3. The molecule has 0 saturated heterocycles. The van der Waals surface area contributed by atoms with Crippen molar-refractivity contribution in [3.8, 4) is 22.3 Å². The van der Waals surface area contributed by atoms with Gasteiger partial charge in [-0.3, -0.25) is 4.40 Å². The lowest BCUT2D eigenvalue weighted by atomic mass is 9.93. The fourth-order valence-electron chi connectivity index (χ4n) is 9.32. The number of benzene rings is 9. The minimum absolute atomic E-state index is 0.865. The summed E-state index contributed by atoms with van der Waals surface area (Å²) in [6.45, 7) is 0. The Hall–Kier alpha value is -7.43. The molecule has 55 heavy (non-hydrogen) atoms. The molecule has 0 spiro atoms. The van der Waals surface area contributed by atoms with Gasteiger partial charge in [0.1, 0.15) is 28.0 Å². The zero-order chi connectivity index (χ0) is 35.8. The van der Waals surface area contributed by atoms with Gasteiger partial charge in [-0.25, -0.2) is 4.98 Å². The number of furan rings is 2. The van der Waals surface area contributed by atoms with Crippen LogP contribution in [0.15, 0.2) is 179 Å². The van der Waals surface area contributed by atoms with Crippen molar-refractivity contribution in [1.82, 2.24) is 9.38 Å². The molecule has 0 aliphatic carbocycles. The molecule has 0 atom stereocenters. The van der Waals surface area contributed by atoms with Gasteiger partial charge in [-0.05, 0) is 91.6 Å². The summed E-state index contributed by atoms with van der Waals surface area (Å²) in [4.78, 5) is 5.23. The summed E-state index contributed by atoms with van der Waals surface area (Å²) in [6.07, 6.45) is 0. The Morgan fingerprint density at radius 2 is 1.00 bits per heavy atom. The van der Waals surface area contributed by atoms with Crippen molar-refractivity contribution in [2.75, 3.05) is 0 Å². The van der Waals surface area contributed by atoms with Crippen molar-refractivity contribution < 1.29 is 8.83 Å². The molecule has 0 N–H and O–H groups in total. The molecule has 0 bridgehead atoms. The molecule has 13 rings (SSSR count). The topological polar surface area (TPSA) is 43.6 Å². The second kappa shape index (κ2) is 10.6. The van der Waals surface area contributed by atoms with Crippen LogP contribution in [0.4, 0.5) is 0 Å². The number of pyridine rings is 1. The van der Waals surface area contributed by atoms with E-state index in [1.54, 1.807) is 0 Å². The van der Waals surface area contributed by atoms with Gasteiger partial charge in [-0.2, -0.15) is 0 Å². The Labute approximate surface area is 313 Å². The average Bonchev–Trinajstić information content (AvgIpc) is 3.94. The Morgan fingerprint density at radius 3 is 1.89 bits per heavy atom. The highest BCUT2D eigenvalue weighted by molar-refractivity contribution is 6.32. The summed E-state index contributed by atoms with van der Waals surface area (Å²) >= 11 is 0. The fraction of sp³-hybridized carbons (Fsp3) is 0. The van der Waals surface area contributed by atoms with Crippen LogP contribution in [-0.4, -0.2) is 9.38 Å². The summed E-state index contributed by atoms with van der Waals surface area (Å²) in [5, 5.41) is 12.8. The van der Waals surface area contributed by atoms with E-state index < -0.39 is 0 Å². The molecule has 0 saturated carbocycles. The quantitative estimate of drug-likeness (QED) is 0.169. The Balaban J connectivity index is 1.00. The molecule has 4 heterocycles. The van der Waals surface area contributed by atoms with Crippen LogP contribution in [0.25, 0.3) is 126 Å². The highest BCUT2D eigenvalue weighted by Gasteiger charge is 2.21. The van der Waals surface area contributed by atoms with Crippen molar-refractivity contribution in [3.63, 3.8) is 0 Å². The van der Waals surface area contributed by atoms with Crippen molar-refractivity contribution in [2.45, 2.75) is 0 Å². The Kier molecular flexibility index (Phi) is 5.60. The number of hydrogen-bond donors (Lipinski definition) is 0. The predicted molar refractivity (Wildman–Crippen MR) is 228 cm³/mol. The maximum atomic E-state index is 6.65. The van der Waals surface area contributed by atoms with E-state index in [0.29, 0.717) is 0 Å². The molecule has 0 fully saturated rings. The molecule has 0 unspecified atom stereocenters. The van der Waals surface area contributed by atoms with Crippen molar-refractivity contribution in [3.05, 3.63) is 170 Å². The van der Waals surface area contributed by atoms with Gasteiger partial charge < -0.3 is 8.83 Å². The second-order valence-electron chi connectivity index (χ2n) is 14.6. The standard InChI is InChI=1S/C51H28N2O2/c1-2-10-33-30(9-1)21-24-37-35-23-22-32(27-42(35)53-41-15-7-6-14-40(41)52-51(53)47(33)37)29-17-19-31(20-18-29)39-28-46-48(36-12-4-3-11-34(36)39)50-45(55-46)26-25-44-49(50)38-13-5-8-16-43(38)54-44/h1-28H. The first-order valence-corrected chi connectivity index (χ1v) is 18.7. The predicted octanol–water partition coefficient (Wildman–Crippen LogP) is 14.2. The Morgan fingerprint density at radius 1 is 0.364 bits per heavy atom. The third kappa shape index (κ3) is 3.92. The van der Waals surface area contributed by atoms with Crippen LogP contribution in [-0.2, 0) is 0 Å². The Bertz CT molecular complexity index is 3770. The van der Waals surface area contributed by atoms with Crippen LogP contribution < -0.4 is 0 Å². The maximum absolute atomic E-state index is 6.65. The lowest BCUT2D eigenvalue weighted by Crippen LogP contribution is -1.93. The monoisotopic (exact) mass is 700 g/mol. The molecule has 0 radical (unpaired) electrons. The molecule has 4 aromatic heterocycles. The lowest BCUT2D eigenvalue weighted by Gasteiger charge is -2.13. The molecule has 0 aliphatic rings. The molecule has 13 aromatic rings. The van der Waals surface area contributed by atoms with E-state index in [0.717, 1.165) is 88.3 Å². The summed E-state index contributed by atoms with van der Waals surface area (Å²) in [7, 11) is 0. The summed E-state index contributed by atoms with van der Waals surface area (Å²) in [5.74, 6) is 0. The zero-order valence-electron chi connectivity index (χ0n) is 29.4. The van der Waals surface area contributed by atoms with Crippen LogP contribution in [0.3, 0.4) is 0 Å². The van der Waals surface area contributed by atoms with Crippen molar-refractivity contribution in [2.24, 2.45) is 0 Å². The van der Waals surface area contributed by atoms with E-state index in [-0.39, 0.29) is 0 Å². The number of fused-ring (bicyclic) bond motifs is 19. The largest absolute Gasteiger partial charge is 0.456 e. The van der Waals surface area contributed by atoms with Gasteiger partial charge in [0.25, 0.3) is 0 Å². The minimum atomic E-state index is 0.865. The maximum Gasteiger partial charge on any atom is 0.147 e. The van der Waals surface area contributed by atoms with Crippen LogP contribution >= 0.6 is 0 Å².